The maximum atomic E-state index is 10.8. The van der Waals surface area contributed by atoms with Gasteiger partial charge in [0, 0.05) is 49.4 Å². The van der Waals surface area contributed by atoms with Crippen LogP contribution < -0.4 is 9.47 Å². The first-order valence-electron chi connectivity index (χ1n) is 26.7. The van der Waals surface area contributed by atoms with Crippen LogP contribution in [0.3, 0.4) is 0 Å². The summed E-state index contributed by atoms with van der Waals surface area (Å²) in [7, 11) is 2.17. The van der Waals surface area contributed by atoms with E-state index in [2.05, 4.69) is 89.6 Å². The van der Waals surface area contributed by atoms with Crippen LogP contribution in [0.5, 0.6) is 23.0 Å². The number of aliphatic hydroxyl groups is 4. The lowest BCUT2D eigenvalue weighted by Gasteiger charge is -2.39. The fourth-order valence-corrected chi connectivity index (χ4v) is 9.93. The Morgan fingerprint density at radius 3 is 1.37 bits per heavy atom. The zero-order valence-electron chi connectivity index (χ0n) is 45.7. The molecule has 1 fully saturated rings. The van der Waals surface area contributed by atoms with Crippen LogP contribution >= 0.6 is 0 Å². The van der Waals surface area contributed by atoms with Gasteiger partial charge in [0.1, 0.15) is 34.2 Å². The maximum absolute atomic E-state index is 10.8. The summed E-state index contributed by atoms with van der Waals surface area (Å²) in [5.41, 5.74) is 13.0. The second-order valence-corrected chi connectivity index (χ2v) is 21.6. The van der Waals surface area contributed by atoms with Crippen molar-refractivity contribution < 1.29 is 40.1 Å². The number of allylic oxidation sites excluding steroid dienone is 10. The third kappa shape index (κ3) is 19.3. The van der Waals surface area contributed by atoms with Crippen molar-refractivity contribution >= 4 is 0 Å². The van der Waals surface area contributed by atoms with Gasteiger partial charge >= 0.3 is 0 Å². The molecule has 0 unspecified atom stereocenters. The van der Waals surface area contributed by atoms with Gasteiger partial charge in [-0.15, -0.1) is 0 Å². The number of phenolic OH excluding ortho intramolecular Hbond substituents is 2. The van der Waals surface area contributed by atoms with Crippen LogP contribution in [0.15, 0.2) is 82.0 Å². The normalized spacial score (nSPS) is 20.0. The van der Waals surface area contributed by atoms with Gasteiger partial charge in [-0.3, -0.25) is 4.90 Å². The van der Waals surface area contributed by atoms with Gasteiger partial charge in [-0.25, -0.2) is 0 Å². The summed E-state index contributed by atoms with van der Waals surface area (Å²) in [4.78, 5) is 4.81. The molecule has 1 saturated heterocycles. The number of rotatable bonds is 24. The van der Waals surface area contributed by atoms with E-state index in [0.717, 1.165) is 175 Å². The molecule has 2 aromatic rings. The lowest BCUT2D eigenvalue weighted by molar-refractivity contribution is 0.0552. The Labute approximate surface area is 429 Å². The molecule has 10 nitrogen and oxygen atoms in total. The van der Waals surface area contributed by atoms with Crippen molar-refractivity contribution in [2.24, 2.45) is 0 Å². The van der Waals surface area contributed by atoms with Gasteiger partial charge in [-0.05, 0) is 212 Å². The van der Waals surface area contributed by atoms with Crippen molar-refractivity contribution in [3.05, 3.63) is 115 Å². The molecule has 0 aliphatic carbocycles. The number of ether oxygens (including phenoxy) is 2. The topological polar surface area (TPSA) is 146 Å². The zero-order chi connectivity index (χ0) is 52.1. The molecule has 3 aliphatic rings. The zero-order valence-corrected chi connectivity index (χ0v) is 45.7. The number of phenols is 2. The van der Waals surface area contributed by atoms with Crippen LogP contribution in [0.25, 0.3) is 0 Å². The molecule has 0 amide bonds. The summed E-state index contributed by atoms with van der Waals surface area (Å²) in [6.45, 7) is 23.9. The Morgan fingerprint density at radius 2 is 0.930 bits per heavy atom. The van der Waals surface area contributed by atoms with Gasteiger partial charge in [0.25, 0.3) is 0 Å². The average Bonchev–Trinajstić information content (AvgIpc) is 3.33. The molecule has 2 aromatic carbocycles. The number of benzene rings is 2. The summed E-state index contributed by atoms with van der Waals surface area (Å²) in [6.07, 6.45) is 28.8. The highest BCUT2D eigenvalue weighted by Crippen LogP contribution is 2.44. The molecule has 0 saturated carbocycles. The highest BCUT2D eigenvalue weighted by atomic mass is 16.5. The van der Waals surface area contributed by atoms with Gasteiger partial charge in [-0.2, -0.15) is 0 Å². The molecule has 5 rings (SSSR count). The number of aliphatic hydroxyl groups excluding tert-OH is 4. The van der Waals surface area contributed by atoms with Gasteiger partial charge < -0.3 is 45.0 Å². The minimum atomic E-state index is -0.192. The van der Waals surface area contributed by atoms with Crippen molar-refractivity contribution in [2.75, 3.05) is 59.7 Å². The Kier molecular flexibility index (Phi) is 24.7. The number of nitrogens with zero attached hydrogens (tertiary/aromatic N) is 2. The molecule has 3 heterocycles. The third-order valence-electron chi connectivity index (χ3n) is 15.1. The quantitative estimate of drug-likeness (QED) is 0.0562. The van der Waals surface area contributed by atoms with E-state index in [1.807, 2.05) is 38.1 Å². The number of fused-ring (bicyclic) bond motifs is 2. The van der Waals surface area contributed by atoms with E-state index in [9.17, 15) is 10.2 Å². The van der Waals surface area contributed by atoms with Gasteiger partial charge in [0.15, 0.2) is 0 Å². The predicted octanol–water partition coefficient (Wildman–Crippen LogP) is 11.9. The molecule has 10 heteroatoms. The van der Waals surface area contributed by atoms with Crippen molar-refractivity contribution in [1.82, 2.24) is 9.80 Å². The van der Waals surface area contributed by atoms with E-state index < -0.39 is 0 Å². The van der Waals surface area contributed by atoms with Crippen LogP contribution in [-0.4, -0.2) is 111 Å². The van der Waals surface area contributed by atoms with Crippen LogP contribution in [0, 0.1) is 20.8 Å². The van der Waals surface area contributed by atoms with Crippen LogP contribution in [0.4, 0.5) is 0 Å². The van der Waals surface area contributed by atoms with Crippen LogP contribution in [-0.2, 0) is 19.4 Å². The molecule has 0 aromatic heterocycles. The molecular formula is C61H94N2O8. The third-order valence-corrected chi connectivity index (χ3v) is 15.1. The van der Waals surface area contributed by atoms with E-state index in [4.69, 9.17) is 29.9 Å². The van der Waals surface area contributed by atoms with E-state index in [1.54, 1.807) is 0 Å². The second-order valence-electron chi connectivity index (χ2n) is 21.6. The number of likely N-dealkylation sites (N-methyl/N-ethyl adjacent to an activating group) is 1. The van der Waals surface area contributed by atoms with Crippen molar-refractivity contribution in [3.63, 3.8) is 0 Å². The average molecular weight is 983 g/mol. The molecule has 0 spiro atoms. The Hall–Kier alpha value is -4.16. The molecule has 3 aliphatic heterocycles. The van der Waals surface area contributed by atoms with E-state index in [-0.39, 0.29) is 37.6 Å². The van der Waals surface area contributed by atoms with Gasteiger partial charge in [-0.1, -0.05) is 58.7 Å². The molecule has 2 atom stereocenters. The smallest absolute Gasteiger partial charge is 0.126 e. The first-order valence-corrected chi connectivity index (χ1v) is 26.7. The van der Waals surface area contributed by atoms with Crippen molar-refractivity contribution in [3.8, 4) is 23.0 Å². The highest BCUT2D eigenvalue weighted by molar-refractivity contribution is 5.55. The predicted molar refractivity (Wildman–Crippen MR) is 293 cm³/mol. The summed E-state index contributed by atoms with van der Waals surface area (Å²) in [5.74, 6) is 2.74. The van der Waals surface area contributed by atoms with E-state index in [0.29, 0.717) is 22.6 Å². The Morgan fingerprint density at radius 1 is 0.549 bits per heavy atom. The summed E-state index contributed by atoms with van der Waals surface area (Å²) < 4.78 is 13.2. The lowest BCUT2D eigenvalue weighted by Crippen LogP contribution is -2.44. The molecule has 0 radical (unpaired) electrons. The number of hydrogen-bond acceptors (Lipinski definition) is 10. The number of aromatic hydroxyl groups is 2. The van der Waals surface area contributed by atoms with Crippen molar-refractivity contribution in [1.29, 1.82) is 0 Å². The largest absolute Gasteiger partial charge is 0.508 e. The number of piperazine rings is 1. The highest BCUT2D eigenvalue weighted by Gasteiger charge is 2.35. The monoisotopic (exact) mass is 983 g/mol. The summed E-state index contributed by atoms with van der Waals surface area (Å²) in [6, 6.07) is 3.71. The maximum Gasteiger partial charge on any atom is 0.126 e. The number of hydrogen-bond donors (Lipinski definition) is 6. The molecule has 71 heavy (non-hydrogen) atoms. The Bertz CT molecular complexity index is 2200. The van der Waals surface area contributed by atoms with Gasteiger partial charge in [0.2, 0.25) is 0 Å². The first-order chi connectivity index (χ1) is 33.8. The molecule has 396 valence electrons. The SMILES string of the molecule is C/C(=C\CC/C(C)=C/CC[C@]1(C)CCc2c(C)c(O)cc(C)c2O1)CCC=C(CO)CO.C/C(=C\CC/C(C)=C/CC[C@]1(C)CCc2c(CN3CCN(C)CC3)c(O)cc(C)c2O1)CCC=C(CO)CO. The van der Waals surface area contributed by atoms with Crippen LogP contribution in [0.1, 0.15) is 165 Å². The second kappa shape index (κ2) is 29.5. The van der Waals surface area contributed by atoms with Crippen LogP contribution in [0.2, 0.25) is 0 Å². The molecule has 0 bridgehead atoms. The minimum Gasteiger partial charge on any atom is -0.508 e. The summed E-state index contributed by atoms with van der Waals surface area (Å²) >= 11 is 0. The lowest BCUT2D eigenvalue weighted by atomic mass is 9.85. The first kappa shape index (κ1) is 59.4. The summed E-state index contributed by atoms with van der Waals surface area (Å²) in [5, 5.41) is 57.3. The van der Waals surface area contributed by atoms with E-state index >= 15 is 0 Å². The fraction of sp³-hybridized carbons (Fsp3) is 0.607. The van der Waals surface area contributed by atoms with E-state index in [1.165, 1.54) is 27.9 Å². The minimum absolute atomic E-state index is 0.0668. The number of aryl methyl sites for hydroxylation is 2. The van der Waals surface area contributed by atoms with Crippen molar-refractivity contribution in [2.45, 2.75) is 183 Å². The molecular weight excluding hydrogens is 889 g/mol. The molecule has 6 N–H and O–H groups in total. The fourth-order valence-electron chi connectivity index (χ4n) is 9.93. The van der Waals surface area contributed by atoms with Gasteiger partial charge in [0.05, 0.1) is 26.4 Å². The standard InChI is InChI=1S/C33H52N2O4.C28H42O4/c1-25(11-7-13-28(23-36)24-37)9-6-10-26(2)12-8-15-33(4)16-14-29-30(22-35-19-17-34(5)18-20-35)31(38)21-27(3)32(29)39-33;1-20(11-7-13-24(18-29)19-30)9-6-10-21(2)12-8-15-28(5)16-14-25-23(4)26(31)17-22(3)27(25)32-28/h9,12-13,21,36-38H,6-8,10-11,14-20,22-24H2,1-5H3;9,12-13,17,29-31H,6-8,10-11,14-16,18-19H2,1-5H3/b25-9+,26-12+;20-9+,21-12+/t33-;28-/m11/s1. The Balaban J connectivity index is 0.000000315.